The number of benzene rings is 1. The highest BCUT2D eigenvalue weighted by Crippen LogP contribution is 2.16. The van der Waals surface area contributed by atoms with E-state index >= 15 is 0 Å². The fourth-order valence-corrected chi connectivity index (χ4v) is 1.95. The predicted octanol–water partition coefficient (Wildman–Crippen LogP) is 1.69. The van der Waals surface area contributed by atoms with Gasteiger partial charge in [0.15, 0.2) is 0 Å². The maximum absolute atomic E-state index is 11.3. The molecule has 1 atom stereocenters. The maximum atomic E-state index is 11.3. The molecule has 0 aromatic heterocycles. The Kier molecular flexibility index (Phi) is 3.36. The maximum Gasteiger partial charge on any atom is 0.269 e. The first-order valence-electron chi connectivity index (χ1n) is 4.86. The molecule has 2 rings (SSSR count). The van der Waals surface area contributed by atoms with Crippen LogP contribution < -0.4 is 5.43 Å². The van der Waals surface area contributed by atoms with Crippen molar-refractivity contribution >= 4 is 27.5 Å². The van der Waals surface area contributed by atoms with Crippen LogP contribution in [0.25, 0.3) is 0 Å². The average molecular weight is 283 g/mol. The van der Waals surface area contributed by atoms with Crippen molar-refractivity contribution in [1.82, 2.24) is 5.43 Å². The van der Waals surface area contributed by atoms with E-state index in [1.807, 2.05) is 24.3 Å². The molecule has 0 radical (unpaired) electrons. The average Bonchev–Trinajstić information content (AvgIpc) is 2.29. The molecule has 1 aromatic rings. The first-order chi connectivity index (χ1) is 7.70. The van der Waals surface area contributed by atoms with Crippen LogP contribution in [0.3, 0.4) is 0 Å². The first kappa shape index (κ1) is 11.3. The van der Waals surface area contributed by atoms with E-state index in [0.29, 0.717) is 6.42 Å². The minimum atomic E-state index is -0.452. The topological polar surface area (TPSA) is 50.7 Å². The van der Waals surface area contributed by atoms with Gasteiger partial charge in [-0.3, -0.25) is 4.79 Å². The highest BCUT2D eigenvalue weighted by Gasteiger charge is 2.25. The molecular weight excluding hydrogens is 272 g/mol. The Bertz CT molecular complexity index is 445. The number of hydrogen-bond donors (Lipinski definition) is 1. The first-order valence-corrected chi connectivity index (χ1v) is 5.65. The van der Waals surface area contributed by atoms with Crippen LogP contribution in [0.2, 0.25) is 0 Å². The summed E-state index contributed by atoms with van der Waals surface area (Å²) in [6.45, 7) is 0. The minimum Gasteiger partial charge on any atom is -0.371 e. The summed E-state index contributed by atoms with van der Waals surface area (Å²) < 4.78 is 6.07. The quantitative estimate of drug-likeness (QED) is 0.898. The van der Waals surface area contributed by atoms with Crippen molar-refractivity contribution in [2.75, 3.05) is 7.11 Å². The normalized spacial score (nSPS) is 20.2. The second-order valence-corrected chi connectivity index (χ2v) is 4.39. The van der Waals surface area contributed by atoms with Gasteiger partial charge in [-0.05, 0) is 17.7 Å². The second-order valence-electron chi connectivity index (χ2n) is 3.47. The van der Waals surface area contributed by atoms with Crippen molar-refractivity contribution < 1.29 is 9.53 Å². The summed E-state index contributed by atoms with van der Waals surface area (Å²) in [5.74, 6) is -0.193. The summed E-state index contributed by atoms with van der Waals surface area (Å²) in [5, 5.41) is 4.04. The van der Waals surface area contributed by atoms with Crippen LogP contribution in [0.5, 0.6) is 0 Å². The van der Waals surface area contributed by atoms with Crippen molar-refractivity contribution in [1.29, 1.82) is 0 Å². The zero-order valence-corrected chi connectivity index (χ0v) is 10.3. The van der Waals surface area contributed by atoms with E-state index in [-0.39, 0.29) is 5.91 Å². The molecule has 0 saturated carbocycles. The molecule has 0 fully saturated rings. The standard InChI is InChI=1S/C11H11BrN2O2/c1-16-10-6-9(13-14-11(10)15)7-3-2-4-8(12)5-7/h2-5,10H,6H2,1H3,(H,14,15). The van der Waals surface area contributed by atoms with Gasteiger partial charge in [-0.15, -0.1) is 0 Å². The summed E-state index contributed by atoms with van der Waals surface area (Å²) in [5.41, 5.74) is 4.27. The number of hydrazone groups is 1. The number of nitrogens with zero attached hydrogens (tertiary/aromatic N) is 1. The molecule has 0 bridgehead atoms. The van der Waals surface area contributed by atoms with Crippen molar-refractivity contribution in [3.05, 3.63) is 34.3 Å². The number of ether oxygens (including phenoxy) is 1. The zero-order valence-electron chi connectivity index (χ0n) is 8.74. The molecule has 1 aromatic carbocycles. The highest BCUT2D eigenvalue weighted by atomic mass is 79.9. The highest BCUT2D eigenvalue weighted by molar-refractivity contribution is 9.10. The smallest absolute Gasteiger partial charge is 0.269 e. The molecule has 16 heavy (non-hydrogen) atoms. The van der Waals surface area contributed by atoms with Crippen LogP contribution in [-0.4, -0.2) is 24.8 Å². The Morgan fingerprint density at radius 1 is 1.56 bits per heavy atom. The number of carbonyl (C=O) groups excluding carboxylic acids is 1. The number of carbonyl (C=O) groups is 1. The van der Waals surface area contributed by atoms with Crippen molar-refractivity contribution in [2.45, 2.75) is 12.5 Å². The van der Waals surface area contributed by atoms with Crippen molar-refractivity contribution in [3.63, 3.8) is 0 Å². The molecule has 0 aliphatic carbocycles. The third-order valence-electron chi connectivity index (χ3n) is 2.41. The van der Waals surface area contributed by atoms with E-state index in [4.69, 9.17) is 4.74 Å². The van der Waals surface area contributed by atoms with Gasteiger partial charge in [0.25, 0.3) is 5.91 Å². The number of amides is 1. The Morgan fingerprint density at radius 3 is 3.06 bits per heavy atom. The Labute approximate surface area is 102 Å². The molecule has 1 unspecified atom stereocenters. The molecule has 0 saturated heterocycles. The van der Waals surface area contributed by atoms with Gasteiger partial charge >= 0.3 is 0 Å². The summed E-state index contributed by atoms with van der Waals surface area (Å²) in [6.07, 6.45) is 0.0465. The number of hydrogen-bond acceptors (Lipinski definition) is 3. The Hall–Kier alpha value is -1.20. The van der Waals surface area contributed by atoms with E-state index in [1.165, 1.54) is 7.11 Å². The summed E-state index contributed by atoms with van der Waals surface area (Å²) in [6, 6.07) is 7.79. The van der Waals surface area contributed by atoms with Crippen molar-refractivity contribution in [3.8, 4) is 0 Å². The van der Waals surface area contributed by atoms with E-state index in [2.05, 4.69) is 26.5 Å². The third-order valence-corrected chi connectivity index (χ3v) is 2.91. The Morgan fingerprint density at radius 2 is 2.38 bits per heavy atom. The molecule has 1 amide bonds. The minimum absolute atomic E-state index is 0.193. The monoisotopic (exact) mass is 282 g/mol. The largest absolute Gasteiger partial charge is 0.371 e. The number of halogens is 1. The molecule has 0 spiro atoms. The van der Waals surface area contributed by atoms with Gasteiger partial charge in [0.2, 0.25) is 0 Å². The van der Waals surface area contributed by atoms with Gasteiger partial charge < -0.3 is 4.74 Å². The van der Waals surface area contributed by atoms with Gasteiger partial charge in [-0.1, -0.05) is 28.1 Å². The number of methoxy groups -OCH3 is 1. The summed E-state index contributed by atoms with van der Waals surface area (Å²) in [4.78, 5) is 11.3. The van der Waals surface area contributed by atoms with Gasteiger partial charge in [0.1, 0.15) is 6.10 Å². The van der Waals surface area contributed by atoms with Gasteiger partial charge in [-0.25, -0.2) is 5.43 Å². The van der Waals surface area contributed by atoms with E-state index < -0.39 is 6.10 Å². The van der Waals surface area contributed by atoms with Gasteiger partial charge in [-0.2, -0.15) is 5.10 Å². The molecule has 1 N–H and O–H groups in total. The van der Waals surface area contributed by atoms with E-state index in [0.717, 1.165) is 15.7 Å². The molecule has 84 valence electrons. The molecular formula is C11H11BrN2O2. The van der Waals surface area contributed by atoms with Gasteiger partial charge in [0.05, 0.1) is 5.71 Å². The third kappa shape index (κ3) is 2.31. The Balaban J connectivity index is 2.26. The van der Waals surface area contributed by atoms with Crippen LogP contribution in [0.1, 0.15) is 12.0 Å². The van der Waals surface area contributed by atoms with E-state index in [9.17, 15) is 4.79 Å². The lowest BCUT2D eigenvalue weighted by Crippen LogP contribution is -2.39. The van der Waals surface area contributed by atoms with Crippen LogP contribution in [0.15, 0.2) is 33.8 Å². The number of nitrogens with one attached hydrogen (secondary N) is 1. The molecule has 1 aliphatic heterocycles. The van der Waals surface area contributed by atoms with Crippen molar-refractivity contribution in [2.24, 2.45) is 5.10 Å². The lowest BCUT2D eigenvalue weighted by Gasteiger charge is -2.20. The lowest BCUT2D eigenvalue weighted by molar-refractivity contribution is -0.131. The SMILES string of the molecule is COC1CC(c2cccc(Br)c2)=NNC1=O. The fraction of sp³-hybridized carbons (Fsp3) is 0.273. The van der Waals surface area contributed by atoms with Gasteiger partial charge in [0, 0.05) is 18.0 Å². The van der Waals surface area contributed by atoms with E-state index in [1.54, 1.807) is 0 Å². The molecule has 1 aliphatic rings. The zero-order chi connectivity index (χ0) is 11.5. The summed E-state index contributed by atoms with van der Waals surface area (Å²) >= 11 is 3.40. The van der Waals surface area contributed by atoms with Crippen LogP contribution in [0.4, 0.5) is 0 Å². The molecule has 4 nitrogen and oxygen atoms in total. The second kappa shape index (κ2) is 4.76. The van der Waals surface area contributed by atoms with Crippen LogP contribution >= 0.6 is 15.9 Å². The molecule has 1 heterocycles. The molecule has 5 heteroatoms. The fourth-order valence-electron chi connectivity index (χ4n) is 1.55. The van der Waals surface area contributed by atoms with Crippen LogP contribution in [0, 0.1) is 0 Å². The lowest BCUT2D eigenvalue weighted by atomic mass is 10.0. The predicted molar refractivity (Wildman–Crippen MR) is 64.2 cm³/mol. The number of rotatable bonds is 2. The van der Waals surface area contributed by atoms with Crippen LogP contribution in [-0.2, 0) is 9.53 Å². The summed E-state index contributed by atoms with van der Waals surface area (Å²) in [7, 11) is 1.52.